The van der Waals surface area contributed by atoms with Gasteiger partial charge < -0.3 is 9.88 Å². The maximum Gasteiger partial charge on any atom is 0.255 e. The summed E-state index contributed by atoms with van der Waals surface area (Å²) in [5, 5.41) is 22.7. The molecule has 1 aliphatic rings. The summed E-state index contributed by atoms with van der Waals surface area (Å²) in [5.74, 6) is 1.77. The quantitative estimate of drug-likeness (QED) is 0.565. The minimum absolute atomic E-state index is 0.178. The number of rotatable bonds is 4. The molecule has 0 unspecified atom stereocenters. The molecule has 5 rings (SSSR count). The Kier molecular flexibility index (Phi) is 4.76. The van der Waals surface area contributed by atoms with Crippen LogP contribution in [0.2, 0.25) is 0 Å². The first-order valence-corrected chi connectivity index (χ1v) is 9.95. The second kappa shape index (κ2) is 7.86. The summed E-state index contributed by atoms with van der Waals surface area (Å²) in [6, 6.07) is 14.8. The van der Waals surface area contributed by atoms with Crippen LogP contribution >= 0.6 is 0 Å². The van der Waals surface area contributed by atoms with E-state index in [1.807, 2.05) is 24.3 Å². The van der Waals surface area contributed by atoms with E-state index in [1.165, 1.54) is 23.9 Å². The van der Waals surface area contributed by atoms with E-state index in [1.54, 1.807) is 24.3 Å². The zero-order chi connectivity index (χ0) is 20.3. The Morgan fingerprint density at radius 2 is 1.77 bits per heavy atom. The van der Waals surface area contributed by atoms with Crippen molar-refractivity contribution in [3.63, 3.8) is 0 Å². The standard InChI is InChI=1S/C21H20N8O/c30-21(16-7-11-18(12-8-16)29-14-22-26-27-29)23-17-9-5-15(6-10-17)20-25-24-19-4-2-1-3-13-28(19)20/h5-12,14H,1-4,13H2,(H,23,30). The van der Waals surface area contributed by atoms with Gasteiger partial charge in [0.05, 0.1) is 5.69 Å². The molecule has 0 spiro atoms. The molecule has 0 aliphatic carbocycles. The smallest absolute Gasteiger partial charge is 0.255 e. The summed E-state index contributed by atoms with van der Waals surface area (Å²) in [5.41, 5.74) is 3.07. The zero-order valence-electron chi connectivity index (χ0n) is 16.3. The highest BCUT2D eigenvalue weighted by Crippen LogP contribution is 2.24. The van der Waals surface area contributed by atoms with Gasteiger partial charge in [0.25, 0.3) is 5.91 Å². The fourth-order valence-electron chi connectivity index (χ4n) is 3.65. The van der Waals surface area contributed by atoms with Crippen molar-refractivity contribution in [1.82, 2.24) is 35.0 Å². The first-order valence-electron chi connectivity index (χ1n) is 9.95. The van der Waals surface area contributed by atoms with E-state index in [0.717, 1.165) is 48.0 Å². The molecular weight excluding hydrogens is 380 g/mol. The number of hydrogen-bond acceptors (Lipinski definition) is 6. The Balaban J connectivity index is 1.29. The predicted molar refractivity (Wildman–Crippen MR) is 110 cm³/mol. The number of benzene rings is 2. The van der Waals surface area contributed by atoms with Crippen LogP contribution < -0.4 is 5.32 Å². The fourth-order valence-corrected chi connectivity index (χ4v) is 3.65. The number of aromatic nitrogens is 7. The van der Waals surface area contributed by atoms with Crippen LogP contribution in [0.3, 0.4) is 0 Å². The first kappa shape index (κ1) is 18.2. The number of fused-ring (bicyclic) bond motifs is 1. The highest BCUT2D eigenvalue weighted by molar-refractivity contribution is 6.04. The van der Waals surface area contributed by atoms with Crippen LogP contribution in [0.15, 0.2) is 54.9 Å². The number of carbonyl (C=O) groups is 1. The minimum atomic E-state index is -0.178. The highest BCUT2D eigenvalue weighted by atomic mass is 16.1. The SMILES string of the molecule is O=C(Nc1ccc(-c2nnc3n2CCCCC3)cc1)c1ccc(-n2cnnn2)cc1. The van der Waals surface area contributed by atoms with Gasteiger partial charge in [0, 0.05) is 29.8 Å². The maximum atomic E-state index is 12.6. The van der Waals surface area contributed by atoms with Crippen molar-refractivity contribution < 1.29 is 4.79 Å². The van der Waals surface area contributed by atoms with Crippen LogP contribution in [0.5, 0.6) is 0 Å². The summed E-state index contributed by atoms with van der Waals surface area (Å²) >= 11 is 0. The van der Waals surface area contributed by atoms with E-state index in [9.17, 15) is 4.79 Å². The molecule has 1 N–H and O–H groups in total. The Labute approximate surface area is 172 Å². The van der Waals surface area contributed by atoms with E-state index >= 15 is 0 Å². The number of tetrazole rings is 1. The molecule has 30 heavy (non-hydrogen) atoms. The number of amides is 1. The summed E-state index contributed by atoms with van der Waals surface area (Å²) in [4.78, 5) is 12.6. The van der Waals surface area contributed by atoms with E-state index in [2.05, 4.69) is 35.6 Å². The van der Waals surface area contributed by atoms with Crippen LogP contribution in [0.25, 0.3) is 17.1 Å². The molecule has 2 aromatic carbocycles. The Bertz CT molecular complexity index is 1150. The van der Waals surface area contributed by atoms with Crippen LogP contribution in [-0.2, 0) is 13.0 Å². The van der Waals surface area contributed by atoms with Crippen molar-refractivity contribution in [2.45, 2.75) is 32.2 Å². The third-order valence-corrected chi connectivity index (χ3v) is 5.25. The molecular formula is C21H20N8O. The summed E-state index contributed by atoms with van der Waals surface area (Å²) in [6.45, 7) is 0.955. The lowest BCUT2D eigenvalue weighted by Crippen LogP contribution is -2.12. The normalized spacial score (nSPS) is 13.5. The lowest BCUT2D eigenvalue weighted by Gasteiger charge is -2.09. The summed E-state index contributed by atoms with van der Waals surface area (Å²) in [7, 11) is 0. The zero-order valence-corrected chi connectivity index (χ0v) is 16.3. The average Bonchev–Trinajstić information content (AvgIpc) is 3.40. The highest BCUT2D eigenvalue weighted by Gasteiger charge is 2.16. The topological polar surface area (TPSA) is 103 Å². The van der Waals surface area contributed by atoms with E-state index < -0.39 is 0 Å². The van der Waals surface area contributed by atoms with Crippen molar-refractivity contribution in [2.24, 2.45) is 0 Å². The lowest BCUT2D eigenvalue weighted by atomic mass is 10.1. The van der Waals surface area contributed by atoms with E-state index in [-0.39, 0.29) is 5.91 Å². The largest absolute Gasteiger partial charge is 0.322 e. The van der Waals surface area contributed by atoms with Crippen LogP contribution in [-0.4, -0.2) is 40.9 Å². The van der Waals surface area contributed by atoms with Crippen LogP contribution in [0, 0.1) is 0 Å². The molecule has 1 amide bonds. The van der Waals surface area contributed by atoms with Crippen molar-refractivity contribution in [3.05, 3.63) is 66.2 Å². The van der Waals surface area contributed by atoms with Crippen molar-refractivity contribution in [2.75, 3.05) is 5.32 Å². The van der Waals surface area contributed by atoms with Crippen molar-refractivity contribution in [3.8, 4) is 17.1 Å². The molecule has 1 aliphatic heterocycles. The molecule has 150 valence electrons. The van der Waals surface area contributed by atoms with Gasteiger partial charge in [-0.15, -0.1) is 15.3 Å². The van der Waals surface area contributed by atoms with Gasteiger partial charge in [0.15, 0.2) is 5.82 Å². The van der Waals surface area contributed by atoms with Gasteiger partial charge in [-0.3, -0.25) is 4.79 Å². The number of hydrogen-bond donors (Lipinski definition) is 1. The molecule has 9 heteroatoms. The third kappa shape index (κ3) is 3.57. The number of anilines is 1. The van der Waals surface area contributed by atoms with Crippen LogP contribution in [0.4, 0.5) is 5.69 Å². The number of aryl methyl sites for hydroxylation is 1. The van der Waals surface area contributed by atoms with Gasteiger partial charge in [-0.25, -0.2) is 4.68 Å². The fraction of sp³-hybridized carbons (Fsp3) is 0.238. The molecule has 0 bridgehead atoms. The molecule has 0 saturated heterocycles. The predicted octanol–water partition coefficient (Wildman–Crippen LogP) is 2.90. The Morgan fingerprint density at radius 1 is 0.933 bits per heavy atom. The van der Waals surface area contributed by atoms with Gasteiger partial charge in [0.2, 0.25) is 0 Å². The molecule has 3 heterocycles. The van der Waals surface area contributed by atoms with Gasteiger partial charge in [-0.2, -0.15) is 0 Å². The molecule has 9 nitrogen and oxygen atoms in total. The van der Waals surface area contributed by atoms with Crippen LogP contribution in [0.1, 0.15) is 35.4 Å². The monoisotopic (exact) mass is 400 g/mol. The molecule has 0 atom stereocenters. The van der Waals surface area contributed by atoms with Crippen molar-refractivity contribution >= 4 is 11.6 Å². The lowest BCUT2D eigenvalue weighted by molar-refractivity contribution is 0.102. The van der Waals surface area contributed by atoms with Gasteiger partial charge >= 0.3 is 0 Å². The van der Waals surface area contributed by atoms with Gasteiger partial charge in [0.1, 0.15) is 12.2 Å². The van der Waals surface area contributed by atoms with E-state index in [0.29, 0.717) is 5.56 Å². The van der Waals surface area contributed by atoms with Gasteiger partial charge in [-0.1, -0.05) is 6.42 Å². The van der Waals surface area contributed by atoms with E-state index in [4.69, 9.17) is 0 Å². The molecule has 4 aromatic rings. The minimum Gasteiger partial charge on any atom is -0.322 e. The number of nitrogens with zero attached hydrogens (tertiary/aromatic N) is 7. The Hall–Kier alpha value is -3.88. The second-order valence-corrected chi connectivity index (χ2v) is 7.23. The summed E-state index contributed by atoms with van der Waals surface area (Å²) in [6.07, 6.45) is 6.03. The second-order valence-electron chi connectivity index (χ2n) is 7.23. The number of nitrogens with one attached hydrogen (secondary N) is 1. The van der Waals surface area contributed by atoms with Crippen molar-refractivity contribution in [1.29, 1.82) is 0 Å². The molecule has 0 fully saturated rings. The third-order valence-electron chi connectivity index (χ3n) is 5.25. The first-order chi connectivity index (χ1) is 14.8. The molecule has 0 saturated carbocycles. The number of carbonyl (C=O) groups excluding carboxylic acids is 1. The molecule has 2 aromatic heterocycles. The molecule has 0 radical (unpaired) electrons. The summed E-state index contributed by atoms with van der Waals surface area (Å²) < 4.78 is 3.75. The average molecular weight is 400 g/mol. The maximum absolute atomic E-state index is 12.6. The Morgan fingerprint density at radius 3 is 2.53 bits per heavy atom. The van der Waals surface area contributed by atoms with Gasteiger partial charge in [-0.05, 0) is 71.8 Å².